The molecule has 0 radical (unpaired) electrons. The first-order chi connectivity index (χ1) is 9.65. The summed E-state index contributed by atoms with van der Waals surface area (Å²) < 4.78 is 5.52. The average Bonchev–Trinajstić information content (AvgIpc) is 2.89. The second kappa shape index (κ2) is 6.71. The van der Waals surface area contributed by atoms with Gasteiger partial charge in [-0.1, -0.05) is 13.8 Å². The maximum Gasteiger partial charge on any atom is 0.144 e. The first-order valence-corrected chi connectivity index (χ1v) is 7.42. The van der Waals surface area contributed by atoms with Gasteiger partial charge in [-0.3, -0.25) is 0 Å². The molecule has 4 heteroatoms. The van der Waals surface area contributed by atoms with Crippen molar-refractivity contribution in [2.75, 3.05) is 18.5 Å². The summed E-state index contributed by atoms with van der Waals surface area (Å²) in [6.45, 7) is 7.63. The van der Waals surface area contributed by atoms with Crippen LogP contribution in [0.4, 0.5) is 5.82 Å². The lowest BCUT2D eigenvalue weighted by molar-refractivity contribution is 0.126. The summed E-state index contributed by atoms with van der Waals surface area (Å²) in [5.74, 6) is 1.13. The predicted octanol–water partition coefficient (Wildman–Crippen LogP) is 2.91. The number of anilines is 1. The van der Waals surface area contributed by atoms with Crippen molar-refractivity contribution in [3.05, 3.63) is 22.9 Å². The Kier molecular flexibility index (Phi) is 4.97. The molecule has 0 saturated heterocycles. The van der Waals surface area contributed by atoms with Gasteiger partial charge in [-0.15, -0.1) is 0 Å². The van der Waals surface area contributed by atoms with Crippen LogP contribution in [0.3, 0.4) is 0 Å². The molecule has 2 rings (SSSR count). The molecule has 0 fully saturated rings. The fraction of sp³-hybridized carbons (Fsp3) is 0.625. The van der Waals surface area contributed by atoms with Crippen molar-refractivity contribution in [3.63, 3.8) is 0 Å². The lowest BCUT2D eigenvalue weighted by Gasteiger charge is -2.23. The molecule has 1 heterocycles. The Morgan fingerprint density at radius 1 is 1.45 bits per heavy atom. The van der Waals surface area contributed by atoms with Gasteiger partial charge >= 0.3 is 0 Å². The summed E-state index contributed by atoms with van der Waals surface area (Å²) in [5.41, 5.74) is 3.02. The highest BCUT2D eigenvalue weighted by Crippen LogP contribution is 2.25. The van der Waals surface area contributed by atoms with Crippen LogP contribution in [-0.4, -0.2) is 24.2 Å². The summed E-state index contributed by atoms with van der Waals surface area (Å²) in [4.78, 5) is 4.67. The van der Waals surface area contributed by atoms with Crippen molar-refractivity contribution in [2.24, 2.45) is 5.92 Å². The third-order valence-corrected chi connectivity index (χ3v) is 3.80. The van der Waals surface area contributed by atoms with Crippen molar-refractivity contribution in [2.45, 2.75) is 46.1 Å². The first-order valence-electron chi connectivity index (χ1n) is 7.42. The fourth-order valence-electron chi connectivity index (χ4n) is 2.49. The Morgan fingerprint density at radius 3 is 2.90 bits per heavy atom. The maximum absolute atomic E-state index is 9.32. The monoisotopic (exact) mass is 273 g/mol. The highest BCUT2D eigenvalue weighted by molar-refractivity contribution is 5.55. The van der Waals surface area contributed by atoms with Gasteiger partial charge in [0.25, 0.3) is 0 Å². The largest absolute Gasteiger partial charge is 0.380 e. The van der Waals surface area contributed by atoms with Crippen LogP contribution in [0.15, 0.2) is 6.07 Å². The summed E-state index contributed by atoms with van der Waals surface area (Å²) in [6.07, 6.45) is 3.21. The van der Waals surface area contributed by atoms with E-state index in [4.69, 9.17) is 4.74 Å². The topological polar surface area (TPSA) is 57.9 Å². The number of pyridine rings is 1. The molecule has 0 aliphatic heterocycles. The number of aryl methyl sites for hydroxylation is 2. The number of fused-ring (bicyclic) bond motifs is 1. The molecule has 108 valence electrons. The van der Waals surface area contributed by atoms with E-state index < -0.39 is 0 Å². The van der Waals surface area contributed by atoms with E-state index in [1.54, 1.807) is 0 Å². The molecule has 1 N–H and O–H groups in total. The second-order valence-corrected chi connectivity index (χ2v) is 5.61. The number of aromatic nitrogens is 1. The van der Waals surface area contributed by atoms with Crippen LogP contribution in [0.1, 0.15) is 44.0 Å². The highest BCUT2D eigenvalue weighted by Gasteiger charge is 2.20. The van der Waals surface area contributed by atoms with E-state index in [0.717, 1.165) is 25.0 Å². The van der Waals surface area contributed by atoms with E-state index in [1.165, 1.54) is 5.56 Å². The lowest BCUT2D eigenvalue weighted by atomic mass is 10.0. The quantitative estimate of drug-likeness (QED) is 0.865. The van der Waals surface area contributed by atoms with Crippen molar-refractivity contribution in [3.8, 4) is 6.07 Å². The predicted molar refractivity (Wildman–Crippen MR) is 79.7 cm³/mol. The SMILES string of the molecule is CCOCC(Nc1nc2c(cc1C#N)CCC2)C(C)C. The Bertz CT molecular complexity index is 505. The second-order valence-electron chi connectivity index (χ2n) is 5.61. The van der Waals surface area contributed by atoms with E-state index in [-0.39, 0.29) is 6.04 Å². The van der Waals surface area contributed by atoms with Gasteiger partial charge in [0, 0.05) is 12.3 Å². The van der Waals surface area contributed by atoms with Gasteiger partial charge in [-0.05, 0) is 43.7 Å². The molecule has 1 aromatic rings. The zero-order valence-electron chi connectivity index (χ0n) is 12.6. The molecule has 0 aromatic carbocycles. The van der Waals surface area contributed by atoms with Crippen LogP contribution in [0.5, 0.6) is 0 Å². The third kappa shape index (κ3) is 3.29. The smallest absolute Gasteiger partial charge is 0.144 e. The van der Waals surface area contributed by atoms with Gasteiger partial charge in [0.2, 0.25) is 0 Å². The summed E-state index contributed by atoms with van der Waals surface area (Å²) in [5, 5.41) is 12.7. The van der Waals surface area contributed by atoms with E-state index in [2.05, 4.69) is 30.2 Å². The number of ether oxygens (including phenoxy) is 1. The van der Waals surface area contributed by atoms with Crippen LogP contribution < -0.4 is 5.32 Å². The Labute approximate surface area is 121 Å². The Morgan fingerprint density at radius 2 is 2.25 bits per heavy atom. The third-order valence-electron chi connectivity index (χ3n) is 3.80. The van der Waals surface area contributed by atoms with Crippen molar-refractivity contribution in [1.82, 2.24) is 4.98 Å². The Balaban J connectivity index is 2.20. The maximum atomic E-state index is 9.32. The van der Waals surface area contributed by atoms with Gasteiger partial charge in [0.05, 0.1) is 18.2 Å². The van der Waals surface area contributed by atoms with E-state index >= 15 is 0 Å². The summed E-state index contributed by atoms with van der Waals surface area (Å²) in [6, 6.07) is 4.43. The minimum absolute atomic E-state index is 0.175. The molecular weight excluding hydrogens is 250 g/mol. The number of hydrogen-bond acceptors (Lipinski definition) is 4. The van der Waals surface area contributed by atoms with Crippen molar-refractivity contribution in [1.29, 1.82) is 5.26 Å². The minimum Gasteiger partial charge on any atom is -0.380 e. The zero-order valence-corrected chi connectivity index (χ0v) is 12.6. The van der Waals surface area contributed by atoms with Gasteiger partial charge in [-0.2, -0.15) is 5.26 Å². The summed E-state index contributed by atoms with van der Waals surface area (Å²) in [7, 11) is 0. The molecule has 1 aliphatic rings. The van der Waals surface area contributed by atoms with Crippen LogP contribution in [-0.2, 0) is 17.6 Å². The first kappa shape index (κ1) is 14.8. The molecule has 1 aliphatic carbocycles. The molecular formula is C16H23N3O. The van der Waals surface area contributed by atoms with Crippen LogP contribution in [0, 0.1) is 17.2 Å². The zero-order chi connectivity index (χ0) is 14.5. The van der Waals surface area contributed by atoms with Crippen LogP contribution >= 0.6 is 0 Å². The number of hydrogen-bond donors (Lipinski definition) is 1. The van der Waals surface area contributed by atoms with Crippen LogP contribution in [0.2, 0.25) is 0 Å². The molecule has 4 nitrogen and oxygen atoms in total. The van der Waals surface area contributed by atoms with Crippen molar-refractivity contribution < 1.29 is 4.74 Å². The Hall–Kier alpha value is -1.60. The minimum atomic E-state index is 0.175. The standard InChI is InChI=1S/C16H23N3O/c1-4-20-10-15(11(2)3)19-16-13(9-17)8-12-6-5-7-14(12)18-16/h8,11,15H,4-7,10H2,1-3H3,(H,18,19). The molecule has 0 bridgehead atoms. The molecule has 1 aromatic heterocycles. The van der Waals surface area contributed by atoms with E-state index in [1.807, 2.05) is 13.0 Å². The molecule has 0 spiro atoms. The van der Waals surface area contributed by atoms with Gasteiger partial charge < -0.3 is 10.1 Å². The summed E-state index contributed by atoms with van der Waals surface area (Å²) >= 11 is 0. The van der Waals surface area contributed by atoms with Gasteiger partial charge in [-0.25, -0.2) is 4.98 Å². The van der Waals surface area contributed by atoms with E-state index in [0.29, 0.717) is 30.5 Å². The molecule has 0 amide bonds. The number of nitriles is 1. The molecule has 0 saturated carbocycles. The molecule has 20 heavy (non-hydrogen) atoms. The van der Waals surface area contributed by atoms with Crippen molar-refractivity contribution >= 4 is 5.82 Å². The van der Waals surface area contributed by atoms with Gasteiger partial charge in [0.15, 0.2) is 0 Å². The lowest BCUT2D eigenvalue weighted by Crippen LogP contribution is -2.31. The van der Waals surface area contributed by atoms with E-state index in [9.17, 15) is 5.26 Å². The average molecular weight is 273 g/mol. The highest BCUT2D eigenvalue weighted by atomic mass is 16.5. The number of nitrogens with zero attached hydrogens (tertiary/aromatic N) is 2. The fourth-order valence-corrected chi connectivity index (χ4v) is 2.49. The molecule has 1 atom stereocenters. The van der Waals surface area contributed by atoms with Gasteiger partial charge in [0.1, 0.15) is 11.9 Å². The molecule has 1 unspecified atom stereocenters. The van der Waals surface area contributed by atoms with Crippen LogP contribution in [0.25, 0.3) is 0 Å². The normalized spacial score (nSPS) is 14.9. The number of rotatable bonds is 6. The number of nitrogens with one attached hydrogen (secondary N) is 1.